The Morgan fingerprint density at radius 1 is 1.03 bits per heavy atom. The van der Waals surface area contributed by atoms with Crippen molar-refractivity contribution in [3.63, 3.8) is 0 Å². The SMILES string of the molecule is C=CCN(C(=O)C(CS)NC(=O)OC(C)(C)C)C(C(=O)Nc1ccc2ccccc2c1)c1cc(C)ccc1C. The summed E-state index contributed by atoms with van der Waals surface area (Å²) in [5.74, 6) is -0.850. The minimum atomic E-state index is -1.02. The number of amides is 3. The highest BCUT2D eigenvalue weighted by Crippen LogP contribution is 2.29. The van der Waals surface area contributed by atoms with Gasteiger partial charge in [0.1, 0.15) is 17.7 Å². The fourth-order valence-electron chi connectivity index (χ4n) is 4.28. The average Bonchev–Trinajstić information content (AvgIpc) is 2.87. The summed E-state index contributed by atoms with van der Waals surface area (Å²) in [7, 11) is 0. The second-order valence-corrected chi connectivity index (χ2v) is 10.8. The highest BCUT2D eigenvalue weighted by Gasteiger charge is 2.36. The number of benzene rings is 3. The van der Waals surface area contributed by atoms with E-state index in [9.17, 15) is 14.4 Å². The summed E-state index contributed by atoms with van der Waals surface area (Å²) in [6.07, 6.45) is 0.819. The first-order valence-electron chi connectivity index (χ1n) is 12.8. The predicted octanol–water partition coefficient (Wildman–Crippen LogP) is 5.97. The molecule has 3 rings (SSSR count). The lowest BCUT2D eigenvalue weighted by atomic mass is 9.96. The van der Waals surface area contributed by atoms with Gasteiger partial charge in [0.15, 0.2) is 0 Å². The number of carbonyl (C=O) groups excluding carboxylic acids is 3. The summed E-state index contributed by atoms with van der Waals surface area (Å²) < 4.78 is 5.35. The molecule has 0 aliphatic heterocycles. The summed E-state index contributed by atoms with van der Waals surface area (Å²) in [5.41, 5.74) is 2.35. The van der Waals surface area contributed by atoms with Crippen molar-refractivity contribution in [3.05, 3.63) is 90.0 Å². The zero-order chi connectivity index (χ0) is 28.7. The number of hydrogen-bond donors (Lipinski definition) is 3. The molecule has 39 heavy (non-hydrogen) atoms. The molecule has 0 aliphatic rings. The topological polar surface area (TPSA) is 87.7 Å². The van der Waals surface area contributed by atoms with Crippen molar-refractivity contribution in [2.45, 2.75) is 52.3 Å². The minimum Gasteiger partial charge on any atom is -0.444 e. The first-order valence-corrected chi connectivity index (χ1v) is 13.5. The number of rotatable bonds is 9. The molecule has 3 aromatic carbocycles. The Morgan fingerprint density at radius 2 is 1.72 bits per heavy atom. The first-order chi connectivity index (χ1) is 18.4. The molecule has 0 heterocycles. The number of anilines is 1. The molecule has 2 atom stereocenters. The van der Waals surface area contributed by atoms with E-state index in [4.69, 9.17) is 4.74 Å². The van der Waals surface area contributed by atoms with E-state index >= 15 is 0 Å². The number of carbonyl (C=O) groups is 3. The molecule has 0 aromatic heterocycles. The van der Waals surface area contributed by atoms with Gasteiger partial charge in [0, 0.05) is 18.0 Å². The number of thiol groups is 1. The van der Waals surface area contributed by atoms with Gasteiger partial charge in [-0.25, -0.2) is 4.79 Å². The molecule has 0 radical (unpaired) electrons. The lowest BCUT2D eigenvalue weighted by Crippen LogP contribution is -2.53. The van der Waals surface area contributed by atoms with E-state index in [2.05, 4.69) is 29.8 Å². The van der Waals surface area contributed by atoms with Crippen molar-refractivity contribution in [1.82, 2.24) is 10.2 Å². The van der Waals surface area contributed by atoms with Crippen LogP contribution in [0.2, 0.25) is 0 Å². The van der Waals surface area contributed by atoms with E-state index in [1.807, 2.05) is 74.5 Å². The lowest BCUT2D eigenvalue weighted by Gasteiger charge is -2.34. The molecule has 3 aromatic rings. The molecule has 2 unspecified atom stereocenters. The molecule has 3 amide bonds. The average molecular weight is 548 g/mol. The van der Waals surface area contributed by atoms with Crippen LogP contribution in [-0.2, 0) is 14.3 Å². The van der Waals surface area contributed by atoms with Crippen molar-refractivity contribution < 1.29 is 19.1 Å². The number of fused-ring (bicyclic) bond motifs is 1. The second kappa shape index (κ2) is 12.8. The maximum Gasteiger partial charge on any atom is 0.408 e. The van der Waals surface area contributed by atoms with Gasteiger partial charge in [-0.1, -0.05) is 60.2 Å². The fraction of sp³-hybridized carbons (Fsp3) is 0.323. The Labute approximate surface area is 236 Å². The quantitative estimate of drug-likeness (QED) is 0.227. The van der Waals surface area contributed by atoms with Crippen molar-refractivity contribution in [3.8, 4) is 0 Å². The number of aryl methyl sites for hydroxylation is 2. The normalized spacial score (nSPS) is 12.8. The van der Waals surface area contributed by atoms with Crippen LogP contribution in [0, 0.1) is 13.8 Å². The number of hydrogen-bond acceptors (Lipinski definition) is 5. The Kier molecular flexibility index (Phi) is 9.81. The molecule has 0 saturated heterocycles. The second-order valence-electron chi connectivity index (χ2n) is 10.5. The third kappa shape index (κ3) is 7.86. The smallest absolute Gasteiger partial charge is 0.408 e. The van der Waals surface area contributed by atoms with Gasteiger partial charge in [-0.15, -0.1) is 6.58 Å². The van der Waals surface area contributed by atoms with Crippen molar-refractivity contribution in [1.29, 1.82) is 0 Å². The Hall–Kier alpha value is -3.78. The number of nitrogens with one attached hydrogen (secondary N) is 2. The van der Waals surface area contributed by atoms with Crippen LogP contribution in [0.25, 0.3) is 10.8 Å². The van der Waals surface area contributed by atoms with Crippen LogP contribution in [-0.4, -0.2) is 46.7 Å². The van der Waals surface area contributed by atoms with Crippen LogP contribution in [0.15, 0.2) is 73.3 Å². The Bertz CT molecular complexity index is 1370. The summed E-state index contributed by atoms with van der Waals surface area (Å²) in [6, 6.07) is 17.3. The van der Waals surface area contributed by atoms with Crippen LogP contribution in [0.4, 0.5) is 10.5 Å². The largest absolute Gasteiger partial charge is 0.444 e. The molecule has 7 nitrogen and oxygen atoms in total. The molecule has 0 saturated carbocycles. The maximum atomic E-state index is 14.0. The highest BCUT2D eigenvalue weighted by molar-refractivity contribution is 7.80. The van der Waals surface area contributed by atoms with E-state index in [-0.39, 0.29) is 18.2 Å². The van der Waals surface area contributed by atoms with Crippen molar-refractivity contribution in [2.24, 2.45) is 0 Å². The maximum absolute atomic E-state index is 14.0. The number of alkyl carbamates (subject to hydrolysis) is 1. The summed E-state index contributed by atoms with van der Waals surface area (Å²) in [5, 5.41) is 7.64. The van der Waals surface area contributed by atoms with Crippen LogP contribution < -0.4 is 10.6 Å². The van der Waals surface area contributed by atoms with Gasteiger partial charge < -0.3 is 20.3 Å². The summed E-state index contributed by atoms with van der Waals surface area (Å²) >= 11 is 4.32. The highest BCUT2D eigenvalue weighted by atomic mass is 32.1. The lowest BCUT2D eigenvalue weighted by molar-refractivity contribution is -0.139. The molecule has 0 aliphatic carbocycles. The third-order valence-electron chi connectivity index (χ3n) is 6.09. The van der Waals surface area contributed by atoms with E-state index in [0.717, 1.165) is 21.9 Å². The predicted molar refractivity (Wildman–Crippen MR) is 160 cm³/mol. The van der Waals surface area contributed by atoms with Gasteiger partial charge in [0.25, 0.3) is 5.91 Å². The van der Waals surface area contributed by atoms with E-state index in [1.165, 1.54) is 4.90 Å². The van der Waals surface area contributed by atoms with Gasteiger partial charge in [-0.2, -0.15) is 12.6 Å². The molecule has 8 heteroatoms. The van der Waals surface area contributed by atoms with Crippen LogP contribution in [0.3, 0.4) is 0 Å². The van der Waals surface area contributed by atoms with Crippen molar-refractivity contribution in [2.75, 3.05) is 17.6 Å². The molecular weight excluding hydrogens is 510 g/mol. The van der Waals surface area contributed by atoms with Crippen LogP contribution >= 0.6 is 12.6 Å². The van der Waals surface area contributed by atoms with Gasteiger partial charge >= 0.3 is 6.09 Å². The zero-order valence-corrected chi connectivity index (χ0v) is 24.0. The Morgan fingerprint density at radius 3 is 2.36 bits per heavy atom. The van der Waals surface area contributed by atoms with Gasteiger partial charge in [-0.3, -0.25) is 9.59 Å². The van der Waals surface area contributed by atoms with Gasteiger partial charge in [0.2, 0.25) is 5.91 Å². The first kappa shape index (κ1) is 29.8. The van der Waals surface area contributed by atoms with Crippen LogP contribution in [0.5, 0.6) is 0 Å². The molecule has 2 N–H and O–H groups in total. The number of ether oxygens (including phenoxy) is 1. The van der Waals surface area contributed by atoms with E-state index in [0.29, 0.717) is 11.3 Å². The fourth-order valence-corrected chi connectivity index (χ4v) is 4.53. The molecule has 0 spiro atoms. The Balaban J connectivity index is 2.01. The molecular formula is C31H37N3O4S. The zero-order valence-electron chi connectivity index (χ0n) is 23.2. The molecule has 0 bridgehead atoms. The standard InChI is InChI=1S/C31H37N3O4S/c1-7-16-34(29(36)26(19-39)33-30(37)38-31(4,5)6)27(25-17-20(2)12-13-21(25)3)28(35)32-24-15-14-22-10-8-9-11-23(22)18-24/h7-15,17-18,26-27,39H,1,16,19H2,2-6H3,(H,32,35)(H,33,37). The summed E-state index contributed by atoms with van der Waals surface area (Å²) in [4.78, 5) is 41.8. The van der Waals surface area contributed by atoms with Gasteiger partial charge in [-0.05, 0) is 68.7 Å². The van der Waals surface area contributed by atoms with E-state index < -0.39 is 29.7 Å². The minimum absolute atomic E-state index is 0.0114. The third-order valence-corrected chi connectivity index (χ3v) is 6.45. The van der Waals surface area contributed by atoms with Crippen molar-refractivity contribution >= 4 is 47.0 Å². The summed E-state index contributed by atoms with van der Waals surface area (Å²) in [6.45, 7) is 12.9. The molecule has 0 fully saturated rings. The van der Waals surface area contributed by atoms with Crippen LogP contribution in [0.1, 0.15) is 43.5 Å². The van der Waals surface area contributed by atoms with E-state index in [1.54, 1.807) is 26.8 Å². The van der Waals surface area contributed by atoms with Gasteiger partial charge in [0.05, 0.1) is 0 Å². The monoisotopic (exact) mass is 547 g/mol. The molecule has 206 valence electrons. The number of nitrogens with zero attached hydrogens (tertiary/aromatic N) is 1.